The molecule has 0 radical (unpaired) electrons. The predicted octanol–water partition coefficient (Wildman–Crippen LogP) is 7.89. The number of carbonyl (C=O) groups excluding carboxylic acids is 1. The number of urea groups is 1. The van der Waals surface area contributed by atoms with Crippen LogP contribution in [0.15, 0.2) is 168 Å². The second kappa shape index (κ2) is 12.6. The molecule has 7 rings (SSSR count). The first-order chi connectivity index (χ1) is 23.4. The molecule has 0 aliphatic rings. The average Bonchev–Trinajstić information content (AvgIpc) is 3.47. The van der Waals surface area contributed by atoms with Crippen molar-refractivity contribution in [2.24, 2.45) is 0 Å². The van der Waals surface area contributed by atoms with Gasteiger partial charge in [-0.1, -0.05) is 115 Å². The quantitative estimate of drug-likeness (QED) is 0.162. The summed E-state index contributed by atoms with van der Waals surface area (Å²) in [6, 6.07) is 43.9. The molecule has 0 fully saturated rings. The van der Waals surface area contributed by atoms with Crippen LogP contribution in [0.4, 0.5) is 20.7 Å². The van der Waals surface area contributed by atoms with E-state index in [4.69, 9.17) is 10.1 Å². The Labute approximate surface area is 276 Å². The summed E-state index contributed by atoms with van der Waals surface area (Å²) in [5.41, 5.74) is 2.30. The van der Waals surface area contributed by atoms with Crippen molar-refractivity contribution in [1.82, 2.24) is 14.8 Å². The lowest BCUT2D eigenvalue weighted by atomic mass is 9.77. The number of nitrogens with zero attached hydrogens (tertiary/aromatic N) is 3. The van der Waals surface area contributed by atoms with Gasteiger partial charge in [-0.25, -0.2) is 27.3 Å². The number of amides is 2. The second-order valence-corrected chi connectivity index (χ2v) is 13.0. The van der Waals surface area contributed by atoms with E-state index < -0.39 is 27.2 Å². The van der Waals surface area contributed by atoms with Gasteiger partial charge in [0.15, 0.2) is 11.5 Å². The zero-order chi connectivity index (χ0) is 33.1. The van der Waals surface area contributed by atoms with Crippen LogP contribution in [0.5, 0.6) is 0 Å². The molecule has 0 bridgehead atoms. The van der Waals surface area contributed by atoms with Gasteiger partial charge < -0.3 is 5.32 Å². The predicted molar refractivity (Wildman–Crippen MR) is 183 cm³/mol. The third-order valence-corrected chi connectivity index (χ3v) is 9.79. The number of sulfone groups is 1. The third-order valence-electron chi connectivity index (χ3n) is 8.07. The topological polar surface area (TPSA) is 106 Å². The summed E-state index contributed by atoms with van der Waals surface area (Å²) in [4.78, 5) is 17.7. The third kappa shape index (κ3) is 5.48. The Morgan fingerprint density at radius 3 is 1.73 bits per heavy atom. The van der Waals surface area contributed by atoms with E-state index in [1.165, 1.54) is 30.5 Å². The standard InChI is InChI=1S/C38H28FN5O3S/c39-30-20-13-23-32(24-30)48(46,47)33-25-34-35(42-37(45)41-31-21-11-4-12-22-31)43-44(36(34)40-26-33)38(27-14-5-1-6-15-27,28-16-7-2-8-17-28)29-18-9-3-10-19-29/h1-26H,(H2,41,42,43,45). The van der Waals surface area contributed by atoms with Crippen LogP contribution in [-0.4, -0.2) is 29.2 Å². The molecule has 7 aromatic rings. The summed E-state index contributed by atoms with van der Waals surface area (Å²) < 4.78 is 43.3. The highest BCUT2D eigenvalue weighted by molar-refractivity contribution is 7.91. The number of halogens is 1. The molecule has 2 N–H and O–H groups in total. The van der Waals surface area contributed by atoms with Crippen molar-refractivity contribution in [2.75, 3.05) is 10.6 Å². The SMILES string of the molecule is O=C(Nc1ccccc1)Nc1nn(C(c2ccccc2)(c2ccccc2)c2ccccc2)c2ncc(S(=O)(=O)c3cccc(F)c3)cc12. The number of rotatable bonds is 8. The molecule has 236 valence electrons. The molecule has 10 heteroatoms. The van der Waals surface area contributed by atoms with E-state index in [2.05, 4.69) is 10.6 Å². The number of hydrogen-bond donors (Lipinski definition) is 2. The fourth-order valence-electron chi connectivity index (χ4n) is 5.92. The summed E-state index contributed by atoms with van der Waals surface area (Å²) in [6.45, 7) is 0. The summed E-state index contributed by atoms with van der Waals surface area (Å²) in [5.74, 6) is -0.606. The molecule has 0 spiro atoms. The Morgan fingerprint density at radius 2 is 1.19 bits per heavy atom. The number of benzene rings is 5. The Hall–Kier alpha value is -6.13. The maximum absolute atomic E-state index is 14.1. The van der Waals surface area contributed by atoms with Gasteiger partial charge in [0, 0.05) is 11.9 Å². The minimum absolute atomic E-state index is 0.0781. The highest BCUT2D eigenvalue weighted by Crippen LogP contribution is 2.43. The number of hydrogen-bond acceptors (Lipinski definition) is 5. The van der Waals surface area contributed by atoms with Gasteiger partial charge in [0.2, 0.25) is 9.84 Å². The summed E-state index contributed by atoms with van der Waals surface area (Å²) in [7, 11) is -4.20. The lowest BCUT2D eigenvalue weighted by molar-refractivity contribution is 0.262. The highest BCUT2D eigenvalue weighted by Gasteiger charge is 2.41. The van der Waals surface area contributed by atoms with Crippen LogP contribution in [0.1, 0.15) is 16.7 Å². The molecule has 5 aromatic carbocycles. The van der Waals surface area contributed by atoms with Crippen molar-refractivity contribution in [3.05, 3.63) is 180 Å². The Morgan fingerprint density at radius 1 is 0.646 bits per heavy atom. The first-order valence-corrected chi connectivity index (χ1v) is 16.6. The molecule has 0 atom stereocenters. The van der Waals surface area contributed by atoms with E-state index in [-0.39, 0.29) is 21.0 Å². The molecule has 8 nitrogen and oxygen atoms in total. The average molecular weight is 654 g/mol. The van der Waals surface area contributed by atoms with Crippen molar-refractivity contribution in [1.29, 1.82) is 0 Å². The zero-order valence-electron chi connectivity index (χ0n) is 25.4. The number of carbonyl (C=O) groups is 1. The van der Waals surface area contributed by atoms with E-state index >= 15 is 0 Å². The minimum Gasteiger partial charge on any atom is -0.308 e. The molecule has 0 saturated heterocycles. The van der Waals surface area contributed by atoms with Crippen LogP contribution in [-0.2, 0) is 15.4 Å². The molecule has 2 heterocycles. The molecule has 0 aliphatic heterocycles. The molecular weight excluding hydrogens is 626 g/mol. The first kappa shape index (κ1) is 30.5. The molecule has 2 aromatic heterocycles. The van der Waals surface area contributed by atoms with E-state index in [0.717, 1.165) is 22.8 Å². The smallest absolute Gasteiger partial charge is 0.308 e. The Kier molecular flexibility index (Phi) is 8.00. The maximum atomic E-state index is 14.1. The van der Waals surface area contributed by atoms with Crippen molar-refractivity contribution >= 4 is 38.4 Å². The fourth-order valence-corrected chi connectivity index (χ4v) is 7.18. The Balaban J connectivity index is 1.51. The number of pyridine rings is 1. The second-order valence-electron chi connectivity index (χ2n) is 11.0. The van der Waals surface area contributed by atoms with Gasteiger partial charge in [-0.3, -0.25) is 5.32 Å². The van der Waals surface area contributed by atoms with Gasteiger partial charge in [0.05, 0.1) is 15.2 Å². The highest BCUT2D eigenvalue weighted by atomic mass is 32.2. The number of nitrogens with one attached hydrogen (secondary N) is 2. The normalized spacial score (nSPS) is 11.7. The van der Waals surface area contributed by atoms with Crippen molar-refractivity contribution < 1.29 is 17.6 Å². The van der Waals surface area contributed by atoms with Gasteiger partial charge in [-0.05, 0) is 53.1 Å². The van der Waals surface area contributed by atoms with Gasteiger partial charge in [-0.15, -0.1) is 0 Å². The minimum atomic E-state index is -4.20. The number of para-hydroxylation sites is 1. The summed E-state index contributed by atoms with van der Waals surface area (Å²) in [5, 5.41) is 10.9. The molecule has 0 saturated carbocycles. The van der Waals surface area contributed by atoms with Gasteiger partial charge in [0.1, 0.15) is 11.4 Å². The van der Waals surface area contributed by atoms with Gasteiger partial charge in [0.25, 0.3) is 0 Å². The molecule has 2 amide bonds. The fraction of sp³-hybridized carbons (Fsp3) is 0.0263. The first-order valence-electron chi connectivity index (χ1n) is 15.1. The summed E-state index contributed by atoms with van der Waals surface area (Å²) >= 11 is 0. The van der Waals surface area contributed by atoms with Crippen LogP contribution in [0, 0.1) is 5.82 Å². The van der Waals surface area contributed by atoms with E-state index in [0.29, 0.717) is 11.3 Å². The van der Waals surface area contributed by atoms with Crippen molar-refractivity contribution in [3.8, 4) is 0 Å². The van der Waals surface area contributed by atoms with Crippen molar-refractivity contribution in [2.45, 2.75) is 15.3 Å². The van der Waals surface area contributed by atoms with Gasteiger partial charge in [-0.2, -0.15) is 5.10 Å². The van der Waals surface area contributed by atoms with Crippen LogP contribution >= 0.6 is 0 Å². The maximum Gasteiger partial charge on any atom is 0.324 e. The van der Waals surface area contributed by atoms with E-state index in [1.807, 2.05) is 97.1 Å². The van der Waals surface area contributed by atoms with Gasteiger partial charge >= 0.3 is 6.03 Å². The molecule has 0 aliphatic carbocycles. The molecular formula is C38H28FN5O3S. The van der Waals surface area contributed by atoms with Crippen LogP contribution in [0.25, 0.3) is 11.0 Å². The Bertz CT molecular complexity index is 2240. The monoisotopic (exact) mass is 653 g/mol. The van der Waals surface area contributed by atoms with Crippen LogP contribution in [0.3, 0.4) is 0 Å². The zero-order valence-corrected chi connectivity index (χ0v) is 26.2. The van der Waals surface area contributed by atoms with Crippen LogP contribution < -0.4 is 10.6 Å². The van der Waals surface area contributed by atoms with Crippen molar-refractivity contribution in [3.63, 3.8) is 0 Å². The molecule has 0 unspecified atom stereocenters. The lowest BCUT2D eigenvalue weighted by Crippen LogP contribution is -2.39. The van der Waals surface area contributed by atoms with E-state index in [1.54, 1.807) is 28.9 Å². The van der Waals surface area contributed by atoms with E-state index in [9.17, 15) is 17.6 Å². The summed E-state index contributed by atoms with van der Waals surface area (Å²) in [6.07, 6.45) is 1.24. The number of fused-ring (bicyclic) bond motifs is 1. The molecule has 48 heavy (non-hydrogen) atoms. The number of aromatic nitrogens is 3. The largest absolute Gasteiger partial charge is 0.324 e. The van der Waals surface area contributed by atoms with Crippen LogP contribution in [0.2, 0.25) is 0 Å². The number of anilines is 2. The lowest BCUT2D eigenvalue weighted by Gasteiger charge is -2.36.